The van der Waals surface area contributed by atoms with E-state index in [1.54, 1.807) is 0 Å². The standard InChI is InChI=1S/C21H24N4S/c1-15-3-2-10-24(15)11-8-16-4-6-18-17(13-16)5-7-19(23-18)20-14-25-12-9-22-21(25)26-20/h4-7,9,12-13,15,20H,2-3,8,10-11,14H2,1H3. The Labute approximate surface area is 158 Å². The summed E-state index contributed by atoms with van der Waals surface area (Å²) in [5, 5.41) is 2.73. The molecule has 26 heavy (non-hydrogen) atoms. The molecule has 2 aliphatic heterocycles. The molecule has 0 N–H and O–H groups in total. The van der Waals surface area contributed by atoms with Crippen molar-refractivity contribution >= 4 is 22.7 Å². The van der Waals surface area contributed by atoms with Gasteiger partial charge in [-0.1, -0.05) is 23.9 Å². The SMILES string of the molecule is CC1CCCN1CCc1ccc2nc(C3Cn4ccnc4S3)ccc2c1. The van der Waals surface area contributed by atoms with Gasteiger partial charge in [0.05, 0.1) is 16.5 Å². The van der Waals surface area contributed by atoms with Crippen molar-refractivity contribution in [2.75, 3.05) is 13.1 Å². The summed E-state index contributed by atoms with van der Waals surface area (Å²) in [5.41, 5.74) is 3.68. The van der Waals surface area contributed by atoms with Gasteiger partial charge in [0.2, 0.25) is 0 Å². The number of benzene rings is 1. The first kappa shape index (κ1) is 16.3. The number of aromatic nitrogens is 3. The number of hydrogen-bond donors (Lipinski definition) is 0. The molecule has 2 aromatic heterocycles. The lowest BCUT2D eigenvalue weighted by Gasteiger charge is -2.20. The number of hydrogen-bond acceptors (Lipinski definition) is 4. The van der Waals surface area contributed by atoms with Gasteiger partial charge in [0.1, 0.15) is 0 Å². The van der Waals surface area contributed by atoms with Gasteiger partial charge in [-0.2, -0.15) is 0 Å². The van der Waals surface area contributed by atoms with Crippen molar-refractivity contribution in [1.29, 1.82) is 0 Å². The predicted molar refractivity (Wildman–Crippen MR) is 107 cm³/mol. The van der Waals surface area contributed by atoms with E-state index in [-0.39, 0.29) is 0 Å². The summed E-state index contributed by atoms with van der Waals surface area (Å²) in [7, 11) is 0. The predicted octanol–water partition coefficient (Wildman–Crippen LogP) is 4.31. The van der Waals surface area contributed by atoms with Gasteiger partial charge in [0.25, 0.3) is 0 Å². The van der Waals surface area contributed by atoms with E-state index in [0.717, 1.165) is 35.4 Å². The van der Waals surface area contributed by atoms with Crippen LogP contribution < -0.4 is 0 Å². The zero-order valence-corrected chi connectivity index (χ0v) is 16.0. The lowest BCUT2D eigenvalue weighted by molar-refractivity contribution is 0.272. The highest BCUT2D eigenvalue weighted by Crippen LogP contribution is 2.41. The van der Waals surface area contributed by atoms with E-state index in [2.05, 4.69) is 57.9 Å². The molecule has 0 radical (unpaired) electrons. The Balaban J connectivity index is 1.31. The Morgan fingerprint density at radius 2 is 2.19 bits per heavy atom. The van der Waals surface area contributed by atoms with Crippen LogP contribution in [0, 0.1) is 0 Å². The van der Waals surface area contributed by atoms with Crippen LogP contribution in [0.3, 0.4) is 0 Å². The minimum absolute atomic E-state index is 0.374. The van der Waals surface area contributed by atoms with Crippen molar-refractivity contribution in [3.63, 3.8) is 0 Å². The van der Waals surface area contributed by atoms with Crippen LogP contribution in [0.4, 0.5) is 0 Å². The van der Waals surface area contributed by atoms with Crippen molar-refractivity contribution in [2.24, 2.45) is 0 Å². The Kier molecular flexibility index (Phi) is 4.21. The molecule has 4 nitrogen and oxygen atoms in total. The molecule has 0 amide bonds. The van der Waals surface area contributed by atoms with Crippen molar-refractivity contribution in [3.05, 3.63) is 54.0 Å². The molecule has 0 bridgehead atoms. The van der Waals surface area contributed by atoms with Gasteiger partial charge in [-0.05, 0) is 56.5 Å². The van der Waals surface area contributed by atoms with Gasteiger partial charge in [-0.3, -0.25) is 4.98 Å². The lowest BCUT2D eigenvalue weighted by Crippen LogP contribution is -2.28. The average molecular weight is 365 g/mol. The third kappa shape index (κ3) is 3.03. The molecular formula is C21H24N4S. The smallest absolute Gasteiger partial charge is 0.168 e. The van der Waals surface area contributed by atoms with E-state index >= 15 is 0 Å². The first-order valence-corrected chi connectivity index (χ1v) is 10.5. The summed E-state index contributed by atoms with van der Waals surface area (Å²) in [6, 6.07) is 11.9. The third-order valence-electron chi connectivity index (χ3n) is 5.77. The van der Waals surface area contributed by atoms with Crippen LogP contribution in [-0.4, -0.2) is 38.6 Å². The van der Waals surface area contributed by atoms with Crippen LogP contribution >= 0.6 is 11.8 Å². The number of thioether (sulfide) groups is 1. The van der Waals surface area contributed by atoms with Gasteiger partial charge in [-0.25, -0.2) is 4.98 Å². The van der Waals surface area contributed by atoms with E-state index < -0.39 is 0 Å². The van der Waals surface area contributed by atoms with Gasteiger partial charge >= 0.3 is 0 Å². The molecular weight excluding hydrogens is 340 g/mol. The van der Waals surface area contributed by atoms with Crippen LogP contribution in [0.1, 0.15) is 36.3 Å². The maximum absolute atomic E-state index is 4.94. The molecule has 0 spiro atoms. The second-order valence-corrected chi connectivity index (χ2v) is 8.68. The summed E-state index contributed by atoms with van der Waals surface area (Å²) in [6.07, 6.45) is 7.75. The summed E-state index contributed by atoms with van der Waals surface area (Å²) in [5.74, 6) is 0. The van der Waals surface area contributed by atoms with Crippen LogP contribution in [-0.2, 0) is 13.0 Å². The molecule has 5 rings (SSSR count). The number of nitrogens with zero attached hydrogens (tertiary/aromatic N) is 4. The van der Waals surface area contributed by atoms with E-state index in [9.17, 15) is 0 Å². The van der Waals surface area contributed by atoms with Gasteiger partial charge in [0, 0.05) is 36.9 Å². The molecule has 5 heteroatoms. The second-order valence-electron chi connectivity index (χ2n) is 7.51. The van der Waals surface area contributed by atoms with Crippen LogP contribution in [0.5, 0.6) is 0 Å². The molecule has 134 valence electrons. The monoisotopic (exact) mass is 364 g/mol. The molecule has 1 fully saturated rings. The van der Waals surface area contributed by atoms with Crippen molar-refractivity contribution in [2.45, 2.75) is 49.2 Å². The molecule has 2 aliphatic rings. The minimum Gasteiger partial charge on any atom is -0.325 e. The Morgan fingerprint density at radius 3 is 3.04 bits per heavy atom. The number of likely N-dealkylation sites (tertiary alicyclic amines) is 1. The fourth-order valence-electron chi connectivity index (χ4n) is 4.17. The van der Waals surface area contributed by atoms with Crippen LogP contribution in [0.15, 0.2) is 47.9 Å². The summed E-state index contributed by atoms with van der Waals surface area (Å²) in [6.45, 7) is 5.75. The molecule has 1 aromatic carbocycles. The number of rotatable bonds is 4. The van der Waals surface area contributed by atoms with Crippen molar-refractivity contribution in [1.82, 2.24) is 19.4 Å². The lowest BCUT2D eigenvalue weighted by atomic mass is 10.1. The first-order chi connectivity index (χ1) is 12.8. The molecule has 2 unspecified atom stereocenters. The molecule has 3 aromatic rings. The van der Waals surface area contributed by atoms with Gasteiger partial charge in [-0.15, -0.1) is 0 Å². The quantitative estimate of drug-likeness (QED) is 0.691. The van der Waals surface area contributed by atoms with E-state index in [1.807, 2.05) is 18.0 Å². The Hall–Kier alpha value is -1.85. The zero-order chi connectivity index (χ0) is 17.5. The van der Waals surface area contributed by atoms with Gasteiger partial charge in [0.15, 0.2) is 5.16 Å². The normalized spacial score (nSPS) is 23.0. The van der Waals surface area contributed by atoms with Crippen LogP contribution in [0.2, 0.25) is 0 Å². The Morgan fingerprint density at radius 1 is 1.23 bits per heavy atom. The minimum atomic E-state index is 0.374. The number of imidazole rings is 1. The maximum Gasteiger partial charge on any atom is 0.168 e. The molecule has 0 aliphatic carbocycles. The topological polar surface area (TPSA) is 34.0 Å². The number of pyridine rings is 1. The third-order valence-corrected chi connectivity index (χ3v) is 7.00. The molecule has 0 saturated carbocycles. The second kappa shape index (κ2) is 6.71. The zero-order valence-electron chi connectivity index (χ0n) is 15.1. The fourth-order valence-corrected chi connectivity index (χ4v) is 5.31. The summed E-state index contributed by atoms with van der Waals surface area (Å²) >= 11 is 1.81. The van der Waals surface area contributed by atoms with E-state index in [4.69, 9.17) is 4.98 Å². The van der Waals surface area contributed by atoms with E-state index in [1.165, 1.54) is 36.9 Å². The highest BCUT2D eigenvalue weighted by atomic mass is 32.2. The molecule has 2 atom stereocenters. The average Bonchev–Trinajstić information content (AvgIpc) is 3.35. The first-order valence-electron chi connectivity index (χ1n) is 9.58. The van der Waals surface area contributed by atoms with Crippen molar-refractivity contribution in [3.8, 4) is 0 Å². The fraction of sp³-hybridized carbons (Fsp3) is 0.429. The summed E-state index contributed by atoms with van der Waals surface area (Å²) < 4.78 is 2.21. The number of fused-ring (bicyclic) bond motifs is 2. The molecule has 1 saturated heterocycles. The summed E-state index contributed by atoms with van der Waals surface area (Å²) in [4.78, 5) is 12.0. The highest BCUT2D eigenvalue weighted by molar-refractivity contribution is 7.99. The molecule has 4 heterocycles. The highest BCUT2D eigenvalue weighted by Gasteiger charge is 2.25. The van der Waals surface area contributed by atoms with Crippen LogP contribution in [0.25, 0.3) is 10.9 Å². The van der Waals surface area contributed by atoms with Crippen molar-refractivity contribution < 1.29 is 0 Å². The maximum atomic E-state index is 4.94. The Bertz CT molecular complexity index is 914. The largest absolute Gasteiger partial charge is 0.325 e. The van der Waals surface area contributed by atoms with E-state index in [0.29, 0.717) is 5.25 Å². The van der Waals surface area contributed by atoms with Gasteiger partial charge < -0.3 is 9.47 Å².